The lowest BCUT2D eigenvalue weighted by atomic mass is 9.86. The maximum Gasteiger partial charge on any atom is 0.238 e. The molecule has 2 atom stereocenters. The molecule has 1 saturated carbocycles. The van der Waals surface area contributed by atoms with Crippen molar-refractivity contribution in [3.05, 3.63) is 24.3 Å². The first-order valence-electron chi connectivity index (χ1n) is 8.89. The summed E-state index contributed by atoms with van der Waals surface area (Å²) in [5, 5.41) is 5.93. The standard InChI is InChI=1S/C19H29N3O3/c1-14-7-4-5-10-17(14)21-19(24)13-22(2)12-18(23)20-15-8-6-9-16(11-15)25-3/h6,8-9,11,14,17H,4-5,7,10,12-13H2,1-3H3,(H,20,23)(H,21,24)/t14-,17+/m1/s1. The molecule has 6 nitrogen and oxygen atoms in total. The van der Waals surface area contributed by atoms with Gasteiger partial charge in [-0.05, 0) is 37.9 Å². The number of carbonyl (C=O) groups is 2. The monoisotopic (exact) mass is 347 g/mol. The summed E-state index contributed by atoms with van der Waals surface area (Å²) in [5.41, 5.74) is 0.679. The number of carbonyl (C=O) groups excluding carboxylic acids is 2. The molecule has 0 aromatic heterocycles. The van der Waals surface area contributed by atoms with E-state index in [0.717, 1.165) is 6.42 Å². The molecule has 25 heavy (non-hydrogen) atoms. The van der Waals surface area contributed by atoms with Crippen molar-refractivity contribution >= 4 is 17.5 Å². The number of anilines is 1. The summed E-state index contributed by atoms with van der Waals surface area (Å²) in [6.45, 7) is 2.56. The zero-order valence-electron chi connectivity index (χ0n) is 15.4. The molecule has 1 aromatic rings. The topological polar surface area (TPSA) is 70.7 Å². The Balaban J connectivity index is 1.75. The summed E-state index contributed by atoms with van der Waals surface area (Å²) in [6.07, 6.45) is 4.64. The van der Waals surface area contributed by atoms with Crippen LogP contribution in [0, 0.1) is 5.92 Å². The average Bonchev–Trinajstić information content (AvgIpc) is 2.56. The van der Waals surface area contributed by atoms with Crippen LogP contribution in [0.2, 0.25) is 0 Å². The second kappa shape index (κ2) is 9.42. The van der Waals surface area contributed by atoms with Crippen molar-refractivity contribution < 1.29 is 14.3 Å². The van der Waals surface area contributed by atoms with Crippen LogP contribution < -0.4 is 15.4 Å². The minimum atomic E-state index is -0.158. The Kier molecular flexibility index (Phi) is 7.25. The zero-order valence-corrected chi connectivity index (χ0v) is 15.4. The number of nitrogens with one attached hydrogen (secondary N) is 2. The van der Waals surface area contributed by atoms with Gasteiger partial charge in [0.05, 0.1) is 20.2 Å². The van der Waals surface area contributed by atoms with Gasteiger partial charge < -0.3 is 15.4 Å². The Hall–Kier alpha value is -2.08. The number of amides is 2. The molecule has 0 bridgehead atoms. The fraction of sp³-hybridized carbons (Fsp3) is 0.579. The lowest BCUT2D eigenvalue weighted by molar-refractivity contribution is -0.124. The molecular weight excluding hydrogens is 318 g/mol. The second-order valence-electron chi connectivity index (χ2n) is 6.89. The SMILES string of the molecule is COc1cccc(NC(=O)CN(C)CC(=O)N[C@H]2CCCC[C@H]2C)c1. The van der Waals surface area contributed by atoms with E-state index < -0.39 is 0 Å². The van der Waals surface area contributed by atoms with E-state index in [-0.39, 0.29) is 30.9 Å². The predicted octanol–water partition coefficient (Wildman–Crippen LogP) is 2.26. The smallest absolute Gasteiger partial charge is 0.238 e. The van der Waals surface area contributed by atoms with Gasteiger partial charge >= 0.3 is 0 Å². The van der Waals surface area contributed by atoms with Crippen molar-refractivity contribution in [2.45, 2.75) is 38.6 Å². The number of benzene rings is 1. The van der Waals surface area contributed by atoms with Crippen LogP contribution in [0.3, 0.4) is 0 Å². The molecule has 1 fully saturated rings. The molecule has 0 spiro atoms. The Morgan fingerprint density at radius 2 is 1.92 bits per heavy atom. The third-order valence-electron chi connectivity index (χ3n) is 4.64. The molecule has 0 heterocycles. The Labute approximate surface area is 149 Å². The largest absolute Gasteiger partial charge is 0.497 e. The van der Waals surface area contributed by atoms with Crippen molar-refractivity contribution in [1.82, 2.24) is 10.2 Å². The highest BCUT2D eigenvalue weighted by molar-refractivity contribution is 5.92. The first-order chi connectivity index (χ1) is 12.0. The number of hydrogen-bond donors (Lipinski definition) is 2. The van der Waals surface area contributed by atoms with E-state index in [9.17, 15) is 9.59 Å². The van der Waals surface area contributed by atoms with Crippen LogP contribution in [0.4, 0.5) is 5.69 Å². The molecule has 1 aromatic carbocycles. The summed E-state index contributed by atoms with van der Waals surface area (Å²) in [5.74, 6) is 1.04. The van der Waals surface area contributed by atoms with Crippen LogP contribution in [0.15, 0.2) is 24.3 Å². The fourth-order valence-corrected chi connectivity index (χ4v) is 3.23. The Morgan fingerprint density at radius 1 is 1.20 bits per heavy atom. The molecule has 1 aliphatic rings. The van der Waals surface area contributed by atoms with Gasteiger partial charge in [-0.15, -0.1) is 0 Å². The molecule has 0 unspecified atom stereocenters. The van der Waals surface area contributed by atoms with Gasteiger partial charge in [-0.2, -0.15) is 0 Å². The van der Waals surface area contributed by atoms with Crippen molar-refractivity contribution in [3.63, 3.8) is 0 Å². The van der Waals surface area contributed by atoms with Crippen molar-refractivity contribution in [2.24, 2.45) is 5.92 Å². The molecule has 0 saturated heterocycles. The van der Waals surface area contributed by atoms with Crippen molar-refractivity contribution in [1.29, 1.82) is 0 Å². The fourth-order valence-electron chi connectivity index (χ4n) is 3.23. The molecular formula is C19H29N3O3. The second-order valence-corrected chi connectivity index (χ2v) is 6.89. The quantitative estimate of drug-likeness (QED) is 0.794. The molecule has 2 rings (SSSR count). The summed E-state index contributed by atoms with van der Waals surface area (Å²) in [6, 6.07) is 7.46. The summed E-state index contributed by atoms with van der Waals surface area (Å²) in [4.78, 5) is 26.0. The Bertz CT molecular complexity index is 591. The van der Waals surface area contributed by atoms with Crippen LogP contribution >= 0.6 is 0 Å². The lowest BCUT2D eigenvalue weighted by Crippen LogP contribution is -2.46. The highest BCUT2D eigenvalue weighted by Crippen LogP contribution is 2.23. The molecule has 2 N–H and O–H groups in total. The third-order valence-corrected chi connectivity index (χ3v) is 4.64. The summed E-state index contributed by atoms with van der Waals surface area (Å²) >= 11 is 0. The minimum absolute atomic E-state index is 0.0181. The van der Waals surface area contributed by atoms with Crippen LogP contribution in [0.25, 0.3) is 0 Å². The summed E-state index contributed by atoms with van der Waals surface area (Å²) < 4.78 is 5.14. The molecule has 0 aliphatic heterocycles. The maximum atomic E-state index is 12.2. The van der Waals surface area contributed by atoms with Gasteiger partial charge in [0.1, 0.15) is 5.75 Å². The van der Waals surface area contributed by atoms with Crippen LogP contribution in [0.5, 0.6) is 5.75 Å². The van der Waals surface area contributed by atoms with Gasteiger partial charge in [0.25, 0.3) is 0 Å². The lowest BCUT2D eigenvalue weighted by Gasteiger charge is -2.30. The number of ether oxygens (including phenoxy) is 1. The van der Waals surface area contributed by atoms with E-state index in [0.29, 0.717) is 17.4 Å². The van der Waals surface area contributed by atoms with Crippen molar-refractivity contribution in [3.8, 4) is 5.75 Å². The van der Waals surface area contributed by atoms with E-state index in [1.54, 1.807) is 31.2 Å². The van der Waals surface area contributed by atoms with Gasteiger partial charge in [-0.1, -0.05) is 25.8 Å². The number of methoxy groups -OCH3 is 1. The van der Waals surface area contributed by atoms with E-state index in [1.165, 1.54) is 19.3 Å². The van der Waals surface area contributed by atoms with Gasteiger partial charge in [0, 0.05) is 17.8 Å². The van der Waals surface area contributed by atoms with Gasteiger partial charge in [0.15, 0.2) is 0 Å². The highest BCUT2D eigenvalue weighted by atomic mass is 16.5. The third kappa shape index (κ3) is 6.38. The van der Waals surface area contributed by atoms with Crippen LogP contribution in [-0.2, 0) is 9.59 Å². The van der Waals surface area contributed by atoms with E-state index >= 15 is 0 Å². The minimum Gasteiger partial charge on any atom is -0.497 e. The first-order valence-corrected chi connectivity index (χ1v) is 8.89. The molecule has 2 amide bonds. The number of rotatable bonds is 7. The number of nitrogens with zero attached hydrogens (tertiary/aromatic N) is 1. The molecule has 1 aliphatic carbocycles. The zero-order chi connectivity index (χ0) is 18.2. The van der Waals surface area contributed by atoms with Gasteiger partial charge in [-0.25, -0.2) is 0 Å². The van der Waals surface area contributed by atoms with E-state index in [4.69, 9.17) is 4.74 Å². The first kappa shape index (κ1) is 19.2. The summed E-state index contributed by atoms with van der Waals surface area (Å²) in [7, 11) is 3.36. The maximum absolute atomic E-state index is 12.2. The van der Waals surface area contributed by atoms with E-state index in [2.05, 4.69) is 17.6 Å². The van der Waals surface area contributed by atoms with E-state index in [1.807, 2.05) is 12.1 Å². The molecule has 0 radical (unpaired) electrons. The highest BCUT2D eigenvalue weighted by Gasteiger charge is 2.23. The van der Waals surface area contributed by atoms with Crippen molar-refractivity contribution in [2.75, 3.05) is 32.6 Å². The molecule has 6 heteroatoms. The molecule has 138 valence electrons. The van der Waals surface area contributed by atoms with Crippen LogP contribution in [-0.4, -0.2) is 50.0 Å². The normalized spacial score (nSPS) is 20.2. The van der Waals surface area contributed by atoms with Gasteiger partial charge in [-0.3, -0.25) is 14.5 Å². The number of likely N-dealkylation sites (N-methyl/N-ethyl adjacent to an activating group) is 1. The average molecular weight is 347 g/mol. The van der Waals surface area contributed by atoms with Gasteiger partial charge in [0.2, 0.25) is 11.8 Å². The van der Waals surface area contributed by atoms with Crippen LogP contribution in [0.1, 0.15) is 32.6 Å². The Morgan fingerprint density at radius 3 is 2.64 bits per heavy atom. The predicted molar refractivity (Wildman–Crippen MR) is 98.7 cm³/mol. The number of hydrogen-bond acceptors (Lipinski definition) is 4.